The van der Waals surface area contributed by atoms with E-state index in [1.54, 1.807) is 13.0 Å². The molecule has 0 amide bonds. The van der Waals surface area contributed by atoms with Gasteiger partial charge in [0.25, 0.3) is 0 Å². The fraction of sp³-hybridized carbons (Fsp3) is 0.357. The van der Waals surface area contributed by atoms with Gasteiger partial charge in [-0.2, -0.15) is 0 Å². The lowest BCUT2D eigenvalue weighted by molar-refractivity contribution is -0.385. The summed E-state index contributed by atoms with van der Waals surface area (Å²) in [6, 6.07) is 1.68. The van der Waals surface area contributed by atoms with Crippen molar-refractivity contribution in [1.29, 1.82) is 0 Å². The molecule has 1 heterocycles. The summed E-state index contributed by atoms with van der Waals surface area (Å²) in [6.07, 6.45) is 0.438. The third-order valence-corrected chi connectivity index (χ3v) is 4.25. The predicted molar refractivity (Wildman–Crippen MR) is 86.7 cm³/mol. The molecule has 0 saturated carbocycles. The van der Waals surface area contributed by atoms with Gasteiger partial charge < -0.3 is 0 Å². The van der Waals surface area contributed by atoms with E-state index in [2.05, 4.69) is 4.98 Å². The second-order valence-electron chi connectivity index (χ2n) is 5.29. The van der Waals surface area contributed by atoms with E-state index >= 15 is 0 Å². The topological polar surface area (TPSA) is 56.0 Å². The van der Waals surface area contributed by atoms with E-state index in [4.69, 9.17) is 34.8 Å². The molecule has 0 radical (unpaired) electrons. The van der Waals surface area contributed by atoms with E-state index in [1.165, 1.54) is 0 Å². The van der Waals surface area contributed by atoms with Gasteiger partial charge in [-0.25, -0.2) is 4.98 Å². The number of benzene rings is 1. The number of nitro groups is 1. The molecule has 0 unspecified atom stereocenters. The number of aromatic nitrogens is 1. The van der Waals surface area contributed by atoms with Crippen LogP contribution in [0.1, 0.15) is 25.1 Å². The first kappa shape index (κ1) is 16.3. The first-order chi connectivity index (χ1) is 9.73. The SMILES string of the molecule is Cc1cc(Cl)c2nc(CC(C)C)c([N+](=O)[O-])c(Cl)c2c1Cl. The Morgan fingerprint density at radius 1 is 1.29 bits per heavy atom. The van der Waals surface area contributed by atoms with E-state index in [9.17, 15) is 10.1 Å². The lowest BCUT2D eigenvalue weighted by Crippen LogP contribution is -2.05. The van der Waals surface area contributed by atoms with Crippen LogP contribution in [0, 0.1) is 23.0 Å². The van der Waals surface area contributed by atoms with Crippen molar-refractivity contribution in [3.63, 3.8) is 0 Å². The van der Waals surface area contributed by atoms with Gasteiger partial charge >= 0.3 is 5.69 Å². The van der Waals surface area contributed by atoms with Gasteiger partial charge in [0.15, 0.2) is 0 Å². The number of hydrogen-bond acceptors (Lipinski definition) is 3. The molecule has 1 aromatic carbocycles. The molecule has 0 aliphatic heterocycles. The largest absolute Gasteiger partial charge is 0.309 e. The summed E-state index contributed by atoms with van der Waals surface area (Å²) in [6.45, 7) is 5.66. The summed E-state index contributed by atoms with van der Waals surface area (Å²) in [5.74, 6) is 0.199. The molecule has 0 aliphatic carbocycles. The molecule has 4 nitrogen and oxygen atoms in total. The van der Waals surface area contributed by atoms with Crippen LogP contribution < -0.4 is 0 Å². The molecule has 7 heteroatoms. The van der Waals surface area contributed by atoms with Crippen molar-refractivity contribution in [2.45, 2.75) is 27.2 Å². The van der Waals surface area contributed by atoms with Crippen molar-refractivity contribution >= 4 is 51.4 Å². The number of fused-ring (bicyclic) bond motifs is 1. The van der Waals surface area contributed by atoms with Crippen molar-refractivity contribution in [3.8, 4) is 0 Å². The Kier molecular flexibility index (Phi) is 4.61. The molecule has 1 aromatic heterocycles. The predicted octanol–water partition coefficient (Wildman–Crippen LogP) is 5.61. The van der Waals surface area contributed by atoms with Gasteiger partial charge in [0, 0.05) is 5.39 Å². The Morgan fingerprint density at radius 3 is 2.43 bits per heavy atom. The quantitative estimate of drug-likeness (QED) is 0.535. The van der Waals surface area contributed by atoms with Gasteiger partial charge in [-0.05, 0) is 30.9 Å². The van der Waals surface area contributed by atoms with Crippen LogP contribution in [-0.4, -0.2) is 9.91 Å². The third kappa shape index (κ3) is 2.93. The molecular formula is C14H13Cl3N2O2. The van der Waals surface area contributed by atoms with E-state index < -0.39 is 4.92 Å². The second-order valence-corrected chi connectivity index (χ2v) is 6.45. The van der Waals surface area contributed by atoms with Crippen molar-refractivity contribution < 1.29 is 4.92 Å². The van der Waals surface area contributed by atoms with Crippen LogP contribution in [0.15, 0.2) is 6.07 Å². The molecule has 0 spiro atoms. The van der Waals surface area contributed by atoms with Crippen LogP contribution in [0.2, 0.25) is 15.1 Å². The number of halogens is 3. The summed E-state index contributed by atoms with van der Waals surface area (Å²) >= 11 is 18.7. The molecule has 2 rings (SSSR count). The van der Waals surface area contributed by atoms with Gasteiger partial charge in [0.1, 0.15) is 10.7 Å². The van der Waals surface area contributed by atoms with E-state index in [-0.39, 0.29) is 16.6 Å². The van der Waals surface area contributed by atoms with Crippen LogP contribution in [0.3, 0.4) is 0 Å². The molecule has 0 aliphatic rings. The maximum Gasteiger partial charge on any atom is 0.309 e. The number of hydrogen-bond donors (Lipinski definition) is 0. The Morgan fingerprint density at radius 2 is 1.90 bits per heavy atom. The Bertz CT molecular complexity index is 745. The molecule has 21 heavy (non-hydrogen) atoms. The zero-order valence-corrected chi connectivity index (χ0v) is 14.0. The zero-order chi connectivity index (χ0) is 15.9. The van der Waals surface area contributed by atoms with Crippen molar-refractivity contribution in [2.24, 2.45) is 5.92 Å². The monoisotopic (exact) mass is 346 g/mol. The summed E-state index contributed by atoms with van der Waals surface area (Å²) in [5, 5.41) is 12.4. The van der Waals surface area contributed by atoms with Crippen LogP contribution in [-0.2, 0) is 6.42 Å². The zero-order valence-electron chi connectivity index (χ0n) is 11.7. The number of pyridine rings is 1. The van der Waals surface area contributed by atoms with Crippen molar-refractivity contribution in [2.75, 3.05) is 0 Å². The molecule has 112 valence electrons. The highest BCUT2D eigenvalue weighted by Gasteiger charge is 2.26. The van der Waals surface area contributed by atoms with Gasteiger partial charge in [0.05, 0.1) is 20.5 Å². The Labute approximate surface area is 137 Å². The van der Waals surface area contributed by atoms with Gasteiger partial charge in [-0.3, -0.25) is 10.1 Å². The average molecular weight is 348 g/mol. The second kappa shape index (κ2) is 5.95. The van der Waals surface area contributed by atoms with E-state index in [1.807, 2.05) is 13.8 Å². The van der Waals surface area contributed by atoms with E-state index in [0.717, 1.165) is 0 Å². The summed E-state index contributed by atoms with van der Waals surface area (Å²) < 4.78 is 0. The third-order valence-electron chi connectivity index (χ3n) is 3.10. The fourth-order valence-corrected chi connectivity index (χ4v) is 3.15. The van der Waals surface area contributed by atoms with Crippen molar-refractivity contribution in [3.05, 3.63) is 42.5 Å². The first-order valence-electron chi connectivity index (χ1n) is 6.35. The molecule has 2 aromatic rings. The molecule has 0 bridgehead atoms. The maximum absolute atomic E-state index is 11.4. The van der Waals surface area contributed by atoms with Crippen LogP contribution >= 0.6 is 34.8 Å². The fourth-order valence-electron chi connectivity index (χ4n) is 2.20. The smallest absolute Gasteiger partial charge is 0.258 e. The lowest BCUT2D eigenvalue weighted by atomic mass is 10.0. The lowest BCUT2D eigenvalue weighted by Gasteiger charge is -2.12. The Hall–Kier alpha value is -1.10. The summed E-state index contributed by atoms with van der Waals surface area (Å²) in [4.78, 5) is 15.2. The number of rotatable bonds is 3. The Balaban J connectivity index is 2.94. The molecule has 0 fully saturated rings. The molecule has 0 saturated heterocycles. The highest BCUT2D eigenvalue weighted by molar-refractivity contribution is 6.46. The van der Waals surface area contributed by atoms with Crippen molar-refractivity contribution in [1.82, 2.24) is 4.98 Å². The number of aryl methyl sites for hydroxylation is 1. The highest BCUT2D eigenvalue weighted by Crippen LogP contribution is 2.42. The highest BCUT2D eigenvalue weighted by atomic mass is 35.5. The molecule has 0 N–H and O–H groups in total. The minimum atomic E-state index is -0.515. The van der Waals surface area contributed by atoms with Crippen LogP contribution in [0.4, 0.5) is 5.69 Å². The first-order valence-corrected chi connectivity index (χ1v) is 7.48. The van der Waals surface area contributed by atoms with Gasteiger partial charge in [-0.1, -0.05) is 48.7 Å². The molecular weight excluding hydrogens is 335 g/mol. The molecule has 0 atom stereocenters. The number of nitrogens with zero attached hydrogens (tertiary/aromatic N) is 2. The normalized spacial score (nSPS) is 11.4. The average Bonchev–Trinajstić information content (AvgIpc) is 2.34. The minimum Gasteiger partial charge on any atom is -0.258 e. The minimum absolute atomic E-state index is 0.00347. The van der Waals surface area contributed by atoms with Crippen LogP contribution in [0.25, 0.3) is 10.9 Å². The van der Waals surface area contributed by atoms with Gasteiger partial charge in [-0.15, -0.1) is 0 Å². The summed E-state index contributed by atoms with van der Waals surface area (Å²) in [7, 11) is 0. The summed E-state index contributed by atoms with van der Waals surface area (Å²) in [5.41, 5.74) is 1.23. The van der Waals surface area contributed by atoms with Crippen LogP contribution in [0.5, 0.6) is 0 Å². The van der Waals surface area contributed by atoms with Gasteiger partial charge in [0.2, 0.25) is 0 Å². The maximum atomic E-state index is 11.4. The van der Waals surface area contributed by atoms with E-state index in [0.29, 0.717) is 38.6 Å². The standard InChI is InChI=1S/C14H13Cl3N2O2/c1-6(2)4-9-14(19(20)21)12(17)10-11(16)7(3)5-8(15)13(10)18-9/h5-6H,4H2,1-3H3.